The lowest BCUT2D eigenvalue weighted by atomic mass is 10.1. The number of pyridine rings is 1. The number of aryl methyl sites for hydroxylation is 2. The Morgan fingerprint density at radius 3 is 3.00 bits per heavy atom. The predicted molar refractivity (Wildman–Crippen MR) is 82.6 cm³/mol. The third-order valence-corrected chi connectivity index (χ3v) is 4.96. The molecule has 0 bridgehead atoms. The molecule has 4 nitrogen and oxygen atoms in total. The Hall–Kier alpha value is -1.40. The van der Waals surface area contributed by atoms with E-state index < -0.39 is 5.97 Å². The number of aromatic nitrogens is 1. The number of thiophene rings is 1. The van der Waals surface area contributed by atoms with Gasteiger partial charge in [-0.25, -0.2) is 9.78 Å². The van der Waals surface area contributed by atoms with Crippen molar-refractivity contribution in [1.29, 1.82) is 0 Å². The molecule has 0 fully saturated rings. The number of carbonyl (C=O) groups is 1. The van der Waals surface area contributed by atoms with E-state index in [1.807, 2.05) is 12.1 Å². The van der Waals surface area contributed by atoms with Gasteiger partial charge in [-0.3, -0.25) is 0 Å². The van der Waals surface area contributed by atoms with Crippen LogP contribution in [0.3, 0.4) is 0 Å². The Kier molecular flexibility index (Phi) is 3.76. The Balaban J connectivity index is 1.86. The Morgan fingerprint density at radius 1 is 1.45 bits per heavy atom. The van der Waals surface area contributed by atoms with Crippen molar-refractivity contribution in [2.75, 3.05) is 5.32 Å². The van der Waals surface area contributed by atoms with Gasteiger partial charge >= 0.3 is 5.97 Å². The molecule has 2 N–H and O–H groups in total. The molecule has 0 unspecified atom stereocenters. The fourth-order valence-electron chi connectivity index (χ4n) is 2.39. The van der Waals surface area contributed by atoms with Gasteiger partial charge in [-0.15, -0.1) is 11.3 Å². The highest BCUT2D eigenvalue weighted by atomic mass is 79.9. The number of hydrogen-bond acceptors (Lipinski definition) is 4. The van der Waals surface area contributed by atoms with Crippen LogP contribution in [0.4, 0.5) is 5.82 Å². The molecule has 0 radical (unpaired) electrons. The van der Waals surface area contributed by atoms with Crippen LogP contribution in [-0.4, -0.2) is 16.1 Å². The maximum Gasteiger partial charge on any atom is 0.339 e. The van der Waals surface area contributed by atoms with Crippen molar-refractivity contribution in [3.8, 4) is 0 Å². The summed E-state index contributed by atoms with van der Waals surface area (Å²) < 4.78 is 1.06. The van der Waals surface area contributed by atoms with E-state index in [2.05, 4.69) is 26.2 Å². The van der Waals surface area contributed by atoms with E-state index in [4.69, 9.17) is 0 Å². The number of aromatic carboxylic acids is 1. The van der Waals surface area contributed by atoms with E-state index in [9.17, 15) is 9.90 Å². The average Bonchev–Trinajstić information content (AvgIpc) is 3.03. The van der Waals surface area contributed by atoms with Crippen molar-refractivity contribution < 1.29 is 9.90 Å². The molecule has 0 atom stereocenters. The predicted octanol–water partition coefficient (Wildman–Crippen LogP) is 3.70. The molecule has 0 saturated carbocycles. The van der Waals surface area contributed by atoms with Crippen molar-refractivity contribution in [1.82, 2.24) is 4.98 Å². The summed E-state index contributed by atoms with van der Waals surface area (Å²) in [4.78, 5) is 17.0. The largest absolute Gasteiger partial charge is 0.478 e. The molecule has 2 heterocycles. The zero-order valence-corrected chi connectivity index (χ0v) is 13.1. The van der Waals surface area contributed by atoms with E-state index in [-0.39, 0.29) is 5.56 Å². The molecule has 1 aliphatic rings. The highest BCUT2D eigenvalue weighted by molar-refractivity contribution is 9.11. The van der Waals surface area contributed by atoms with Crippen molar-refractivity contribution in [2.24, 2.45) is 0 Å². The average molecular weight is 353 g/mol. The van der Waals surface area contributed by atoms with Crippen LogP contribution in [0.25, 0.3) is 0 Å². The number of rotatable bonds is 4. The fraction of sp³-hybridized carbons (Fsp3) is 0.286. The molecule has 0 saturated heterocycles. The van der Waals surface area contributed by atoms with Crippen molar-refractivity contribution >= 4 is 39.1 Å². The normalized spacial score (nSPS) is 13.2. The minimum Gasteiger partial charge on any atom is -0.478 e. The zero-order valence-electron chi connectivity index (χ0n) is 10.6. The summed E-state index contributed by atoms with van der Waals surface area (Å²) in [7, 11) is 0. The maximum absolute atomic E-state index is 11.4. The molecule has 20 heavy (non-hydrogen) atoms. The van der Waals surface area contributed by atoms with E-state index in [0.29, 0.717) is 12.4 Å². The molecule has 2 aromatic heterocycles. The lowest BCUT2D eigenvalue weighted by Crippen LogP contribution is -2.10. The topological polar surface area (TPSA) is 62.2 Å². The highest BCUT2D eigenvalue weighted by Gasteiger charge is 2.19. The zero-order chi connectivity index (χ0) is 14.1. The number of hydrogen-bond donors (Lipinski definition) is 2. The summed E-state index contributed by atoms with van der Waals surface area (Å²) in [5, 5.41) is 12.5. The second-order valence-corrected chi connectivity index (χ2v) is 7.26. The van der Waals surface area contributed by atoms with Gasteiger partial charge in [0.1, 0.15) is 11.4 Å². The van der Waals surface area contributed by atoms with Gasteiger partial charge in [0.2, 0.25) is 0 Å². The summed E-state index contributed by atoms with van der Waals surface area (Å²) in [5.74, 6) is -0.454. The smallest absolute Gasteiger partial charge is 0.339 e. The molecule has 3 rings (SSSR count). The SMILES string of the molecule is O=C(O)c1cc2c(nc1NCc1ccc(Br)s1)CCC2. The van der Waals surface area contributed by atoms with Crippen LogP contribution in [0.15, 0.2) is 22.0 Å². The number of halogens is 1. The van der Waals surface area contributed by atoms with Gasteiger partial charge in [-0.2, -0.15) is 0 Å². The minimum atomic E-state index is -0.929. The number of carboxylic acid groups (broad SMARTS) is 1. The molecule has 0 aromatic carbocycles. The monoisotopic (exact) mass is 352 g/mol. The Labute approximate surface area is 129 Å². The van der Waals surface area contributed by atoms with Gasteiger partial charge in [0.25, 0.3) is 0 Å². The first kappa shape index (κ1) is 13.6. The Morgan fingerprint density at radius 2 is 2.30 bits per heavy atom. The number of fused-ring (bicyclic) bond motifs is 1. The fourth-order valence-corrected chi connectivity index (χ4v) is 3.81. The third-order valence-electron chi connectivity index (χ3n) is 3.34. The minimum absolute atomic E-state index is 0.265. The summed E-state index contributed by atoms with van der Waals surface area (Å²) in [6, 6.07) is 5.76. The molecule has 1 aliphatic carbocycles. The van der Waals surface area contributed by atoms with E-state index in [1.165, 1.54) is 0 Å². The van der Waals surface area contributed by atoms with E-state index in [1.54, 1.807) is 17.4 Å². The molecular formula is C14H13BrN2O2S. The number of nitrogens with one attached hydrogen (secondary N) is 1. The molecule has 0 aliphatic heterocycles. The maximum atomic E-state index is 11.4. The van der Waals surface area contributed by atoms with Gasteiger partial charge in [-0.1, -0.05) is 0 Å². The number of anilines is 1. The van der Waals surface area contributed by atoms with Crippen LogP contribution < -0.4 is 5.32 Å². The molecular weight excluding hydrogens is 340 g/mol. The summed E-state index contributed by atoms with van der Waals surface area (Å²) >= 11 is 5.04. The molecule has 2 aromatic rings. The highest BCUT2D eigenvalue weighted by Crippen LogP contribution is 2.27. The first-order valence-corrected chi connectivity index (χ1v) is 7.98. The first-order valence-electron chi connectivity index (χ1n) is 6.37. The molecule has 104 valence electrons. The van der Waals surface area contributed by atoms with Crippen LogP contribution in [0.2, 0.25) is 0 Å². The third kappa shape index (κ3) is 2.71. The van der Waals surface area contributed by atoms with Crippen LogP contribution in [0, 0.1) is 0 Å². The second-order valence-electron chi connectivity index (χ2n) is 4.71. The van der Waals surface area contributed by atoms with Gasteiger partial charge in [0.15, 0.2) is 0 Å². The lowest BCUT2D eigenvalue weighted by Gasteiger charge is -2.10. The summed E-state index contributed by atoms with van der Waals surface area (Å²) in [6.07, 6.45) is 2.93. The molecule has 6 heteroatoms. The lowest BCUT2D eigenvalue weighted by molar-refractivity contribution is 0.0697. The Bertz CT molecular complexity index is 669. The standard InChI is InChI=1S/C14H13BrN2O2S/c15-12-5-4-9(20-12)7-16-13-10(14(18)19)6-8-2-1-3-11(8)17-13/h4-6H,1-3,7H2,(H,16,17)(H,18,19). The van der Waals surface area contributed by atoms with Crippen LogP contribution in [0.1, 0.15) is 32.9 Å². The number of carboxylic acids is 1. The molecule has 0 amide bonds. The van der Waals surface area contributed by atoms with Gasteiger partial charge < -0.3 is 10.4 Å². The van der Waals surface area contributed by atoms with Gasteiger partial charge in [0.05, 0.1) is 10.3 Å². The van der Waals surface area contributed by atoms with Gasteiger partial charge in [0, 0.05) is 10.6 Å². The van der Waals surface area contributed by atoms with Crippen molar-refractivity contribution in [2.45, 2.75) is 25.8 Å². The van der Waals surface area contributed by atoms with E-state index >= 15 is 0 Å². The van der Waals surface area contributed by atoms with Crippen molar-refractivity contribution in [3.63, 3.8) is 0 Å². The van der Waals surface area contributed by atoms with Crippen LogP contribution >= 0.6 is 27.3 Å². The summed E-state index contributed by atoms with van der Waals surface area (Å²) in [6.45, 7) is 0.586. The summed E-state index contributed by atoms with van der Waals surface area (Å²) in [5.41, 5.74) is 2.37. The van der Waals surface area contributed by atoms with Crippen LogP contribution in [0.5, 0.6) is 0 Å². The second kappa shape index (κ2) is 5.54. The van der Waals surface area contributed by atoms with E-state index in [0.717, 1.165) is 39.2 Å². The molecule has 0 spiro atoms. The van der Waals surface area contributed by atoms with Gasteiger partial charge in [-0.05, 0) is 59.0 Å². The number of nitrogens with zero attached hydrogens (tertiary/aromatic N) is 1. The van der Waals surface area contributed by atoms with Crippen molar-refractivity contribution in [3.05, 3.63) is 43.7 Å². The first-order chi connectivity index (χ1) is 9.63. The van der Waals surface area contributed by atoms with Crippen LogP contribution in [-0.2, 0) is 19.4 Å². The quantitative estimate of drug-likeness (QED) is 0.880.